The molecule has 0 spiro atoms. The van der Waals surface area contributed by atoms with E-state index in [4.69, 9.17) is 10.5 Å². The second kappa shape index (κ2) is 5.65. The maximum absolute atomic E-state index is 10.9. The SMILES string of the molecule is CS(=O)(=O)CCOc1ccc(Br)cc1CN. The first-order valence-corrected chi connectivity index (χ1v) is 7.57. The summed E-state index contributed by atoms with van der Waals surface area (Å²) in [6, 6.07) is 5.46. The van der Waals surface area contributed by atoms with Gasteiger partial charge in [-0.05, 0) is 18.2 Å². The fraction of sp³-hybridized carbons (Fsp3) is 0.400. The van der Waals surface area contributed by atoms with Crippen LogP contribution in [0, 0.1) is 0 Å². The monoisotopic (exact) mass is 307 g/mol. The largest absolute Gasteiger partial charge is 0.492 e. The van der Waals surface area contributed by atoms with Crippen molar-refractivity contribution < 1.29 is 13.2 Å². The maximum Gasteiger partial charge on any atom is 0.150 e. The Morgan fingerprint density at radius 2 is 2.12 bits per heavy atom. The summed E-state index contributed by atoms with van der Waals surface area (Å²) in [6.07, 6.45) is 1.18. The van der Waals surface area contributed by atoms with Gasteiger partial charge in [0.05, 0.1) is 5.75 Å². The second-order valence-electron chi connectivity index (χ2n) is 3.43. The van der Waals surface area contributed by atoms with E-state index in [1.807, 2.05) is 12.1 Å². The van der Waals surface area contributed by atoms with Crippen LogP contribution < -0.4 is 10.5 Å². The Morgan fingerprint density at radius 1 is 1.44 bits per heavy atom. The summed E-state index contributed by atoms with van der Waals surface area (Å²) >= 11 is 3.33. The molecule has 6 heteroatoms. The molecule has 4 nitrogen and oxygen atoms in total. The number of hydrogen-bond acceptors (Lipinski definition) is 4. The third kappa shape index (κ3) is 4.51. The molecule has 1 aromatic rings. The molecule has 2 N–H and O–H groups in total. The standard InChI is InChI=1S/C10H14BrNO3S/c1-16(13,14)5-4-15-10-3-2-9(11)6-8(10)7-12/h2-3,6H,4-5,7,12H2,1H3. The Labute approximate surface area is 104 Å². The molecule has 0 fully saturated rings. The lowest BCUT2D eigenvalue weighted by Crippen LogP contribution is -2.13. The highest BCUT2D eigenvalue weighted by atomic mass is 79.9. The first kappa shape index (κ1) is 13.5. The maximum atomic E-state index is 10.9. The van der Waals surface area contributed by atoms with Crippen LogP contribution >= 0.6 is 15.9 Å². The average Bonchev–Trinajstić information content (AvgIpc) is 2.18. The highest BCUT2D eigenvalue weighted by Gasteiger charge is 2.06. The molecule has 16 heavy (non-hydrogen) atoms. The lowest BCUT2D eigenvalue weighted by atomic mass is 10.2. The number of sulfone groups is 1. The molecule has 0 bridgehead atoms. The molecule has 0 aromatic heterocycles. The van der Waals surface area contributed by atoms with E-state index in [1.165, 1.54) is 6.26 Å². The van der Waals surface area contributed by atoms with E-state index in [2.05, 4.69) is 15.9 Å². The molecule has 0 saturated carbocycles. The Bertz CT molecular complexity index is 459. The summed E-state index contributed by atoms with van der Waals surface area (Å²) in [5.41, 5.74) is 6.41. The van der Waals surface area contributed by atoms with Gasteiger partial charge < -0.3 is 10.5 Å². The van der Waals surface area contributed by atoms with Crippen molar-refractivity contribution >= 4 is 25.8 Å². The van der Waals surface area contributed by atoms with Gasteiger partial charge in [0, 0.05) is 22.8 Å². The van der Waals surface area contributed by atoms with Gasteiger partial charge in [-0.25, -0.2) is 8.42 Å². The molecule has 0 aliphatic rings. The highest BCUT2D eigenvalue weighted by molar-refractivity contribution is 9.10. The number of benzene rings is 1. The smallest absolute Gasteiger partial charge is 0.150 e. The Hall–Kier alpha value is -0.590. The van der Waals surface area contributed by atoms with E-state index in [0.717, 1.165) is 10.0 Å². The third-order valence-corrected chi connectivity index (χ3v) is 3.36. The van der Waals surface area contributed by atoms with E-state index in [1.54, 1.807) is 6.07 Å². The number of ether oxygens (including phenoxy) is 1. The van der Waals surface area contributed by atoms with Gasteiger partial charge in [0.15, 0.2) is 9.84 Å². The summed E-state index contributed by atoms with van der Waals surface area (Å²) in [5, 5.41) is 0. The van der Waals surface area contributed by atoms with Crippen LogP contribution in [0.3, 0.4) is 0 Å². The second-order valence-corrected chi connectivity index (χ2v) is 6.61. The number of rotatable bonds is 5. The molecule has 0 unspecified atom stereocenters. The average molecular weight is 308 g/mol. The first-order valence-electron chi connectivity index (χ1n) is 4.71. The van der Waals surface area contributed by atoms with E-state index in [0.29, 0.717) is 12.3 Å². The van der Waals surface area contributed by atoms with Crippen molar-refractivity contribution in [1.29, 1.82) is 0 Å². The summed E-state index contributed by atoms with van der Waals surface area (Å²) in [6.45, 7) is 0.501. The van der Waals surface area contributed by atoms with Crippen LogP contribution in [0.15, 0.2) is 22.7 Å². The number of halogens is 1. The number of hydrogen-bond donors (Lipinski definition) is 1. The van der Waals surface area contributed by atoms with E-state index in [9.17, 15) is 8.42 Å². The lowest BCUT2D eigenvalue weighted by Gasteiger charge is -2.10. The fourth-order valence-electron chi connectivity index (χ4n) is 1.15. The van der Waals surface area contributed by atoms with E-state index in [-0.39, 0.29) is 12.4 Å². The van der Waals surface area contributed by atoms with Crippen molar-refractivity contribution in [3.63, 3.8) is 0 Å². The minimum Gasteiger partial charge on any atom is -0.492 e. The number of nitrogens with two attached hydrogens (primary N) is 1. The summed E-state index contributed by atoms with van der Waals surface area (Å²) in [4.78, 5) is 0. The predicted molar refractivity (Wildman–Crippen MR) is 67.2 cm³/mol. The summed E-state index contributed by atoms with van der Waals surface area (Å²) in [5.74, 6) is 0.641. The van der Waals surface area contributed by atoms with Crippen LogP contribution in [-0.2, 0) is 16.4 Å². The van der Waals surface area contributed by atoms with Crippen LogP contribution in [0.1, 0.15) is 5.56 Å². The molecular formula is C10H14BrNO3S. The predicted octanol–water partition coefficient (Wildman–Crippen LogP) is 1.33. The van der Waals surface area contributed by atoms with Gasteiger partial charge in [0.1, 0.15) is 12.4 Å². The zero-order valence-electron chi connectivity index (χ0n) is 8.94. The summed E-state index contributed by atoms with van der Waals surface area (Å²) in [7, 11) is -2.99. The first-order chi connectivity index (χ1) is 7.42. The normalized spacial score (nSPS) is 11.4. The third-order valence-electron chi connectivity index (χ3n) is 1.95. The molecule has 0 aliphatic heterocycles. The molecule has 0 atom stereocenters. The van der Waals surface area contributed by atoms with Crippen molar-refractivity contribution in [2.45, 2.75) is 6.54 Å². The Balaban J connectivity index is 2.67. The van der Waals surface area contributed by atoms with Crippen molar-refractivity contribution in [3.8, 4) is 5.75 Å². The van der Waals surface area contributed by atoms with Crippen molar-refractivity contribution in [1.82, 2.24) is 0 Å². The summed E-state index contributed by atoms with van der Waals surface area (Å²) < 4.78 is 28.1. The fourth-order valence-corrected chi connectivity index (χ4v) is 1.95. The van der Waals surface area contributed by atoms with Crippen molar-refractivity contribution in [3.05, 3.63) is 28.2 Å². The van der Waals surface area contributed by atoms with Gasteiger partial charge in [-0.1, -0.05) is 15.9 Å². The van der Waals surface area contributed by atoms with E-state index < -0.39 is 9.84 Å². The zero-order valence-corrected chi connectivity index (χ0v) is 11.3. The minimum atomic E-state index is -2.99. The molecule has 1 rings (SSSR count). The van der Waals surface area contributed by atoms with Crippen LogP contribution in [0.4, 0.5) is 0 Å². The molecule has 0 saturated heterocycles. The quantitative estimate of drug-likeness (QED) is 0.891. The van der Waals surface area contributed by atoms with Crippen molar-refractivity contribution in [2.24, 2.45) is 5.73 Å². The van der Waals surface area contributed by atoms with Gasteiger partial charge >= 0.3 is 0 Å². The molecular weight excluding hydrogens is 294 g/mol. The van der Waals surface area contributed by atoms with E-state index >= 15 is 0 Å². The van der Waals surface area contributed by atoms with Crippen LogP contribution in [0.5, 0.6) is 5.75 Å². The molecule has 0 radical (unpaired) electrons. The van der Waals surface area contributed by atoms with Crippen LogP contribution in [0.2, 0.25) is 0 Å². The Morgan fingerprint density at radius 3 is 2.69 bits per heavy atom. The van der Waals surface area contributed by atoms with Crippen LogP contribution in [0.25, 0.3) is 0 Å². The molecule has 0 aliphatic carbocycles. The molecule has 0 amide bonds. The molecule has 0 heterocycles. The molecule has 90 valence electrons. The van der Waals surface area contributed by atoms with Gasteiger partial charge in [0.25, 0.3) is 0 Å². The van der Waals surface area contributed by atoms with Gasteiger partial charge in [-0.2, -0.15) is 0 Å². The van der Waals surface area contributed by atoms with Gasteiger partial charge in [0.2, 0.25) is 0 Å². The zero-order chi connectivity index (χ0) is 12.2. The van der Waals surface area contributed by atoms with Gasteiger partial charge in [-0.3, -0.25) is 0 Å². The minimum absolute atomic E-state index is 0.00702. The molecule has 1 aromatic carbocycles. The van der Waals surface area contributed by atoms with Crippen LogP contribution in [-0.4, -0.2) is 27.0 Å². The topological polar surface area (TPSA) is 69.4 Å². The van der Waals surface area contributed by atoms with Crippen molar-refractivity contribution in [2.75, 3.05) is 18.6 Å². The highest BCUT2D eigenvalue weighted by Crippen LogP contribution is 2.22. The Kier molecular flexibility index (Phi) is 4.76. The van der Waals surface area contributed by atoms with Gasteiger partial charge in [-0.15, -0.1) is 0 Å². The lowest BCUT2D eigenvalue weighted by molar-refractivity contribution is 0.337.